The van der Waals surface area contributed by atoms with Crippen LogP contribution in [0.15, 0.2) is 24.3 Å². The Labute approximate surface area is 119 Å². The van der Waals surface area contributed by atoms with Gasteiger partial charge >= 0.3 is 0 Å². The first-order valence-corrected chi connectivity index (χ1v) is 7.55. The maximum absolute atomic E-state index is 11.1. The van der Waals surface area contributed by atoms with Crippen LogP contribution in [0, 0.1) is 0 Å². The van der Waals surface area contributed by atoms with Crippen molar-refractivity contribution in [3.05, 3.63) is 35.4 Å². The lowest BCUT2D eigenvalue weighted by atomic mass is 9.81. The summed E-state index contributed by atoms with van der Waals surface area (Å²) >= 11 is 0. The lowest BCUT2D eigenvalue weighted by molar-refractivity contribution is -0.0449. The van der Waals surface area contributed by atoms with Crippen LogP contribution in [-0.4, -0.2) is 30.4 Å². The first kappa shape index (κ1) is 12.8. The average Bonchev–Trinajstić information content (AvgIpc) is 3.09. The van der Waals surface area contributed by atoms with E-state index in [4.69, 9.17) is 9.47 Å². The number of rotatable bonds is 2. The van der Waals surface area contributed by atoms with Crippen molar-refractivity contribution >= 4 is 0 Å². The average molecular weight is 275 g/mol. The third-order valence-electron chi connectivity index (χ3n) is 4.82. The van der Waals surface area contributed by atoms with E-state index in [0.717, 1.165) is 24.0 Å². The van der Waals surface area contributed by atoms with E-state index in [1.807, 2.05) is 18.2 Å². The third-order valence-corrected chi connectivity index (χ3v) is 4.82. The highest BCUT2D eigenvalue weighted by Crippen LogP contribution is 2.41. The van der Waals surface area contributed by atoms with Gasteiger partial charge in [0.2, 0.25) is 0 Å². The number of benzene rings is 1. The molecule has 0 aliphatic carbocycles. The number of fused-ring (bicyclic) bond motifs is 2. The molecule has 3 heterocycles. The van der Waals surface area contributed by atoms with Crippen molar-refractivity contribution in [1.82, 2.24) is 5.32 Å². The maximum atomic E-state index is 11.1. The van der Waals surface area contributed by atoms with Crippen molar-refractivity contribution in [3.8, 4) is 0 Å². The Morgan fingerprint density at radius 1 is 1.10 bits per heavy atom. The fourth-order valence-electron chi connectivity index (χ4n) is 3.88. The molecule has 0 spiro atoms. The zero-order chi connectivity index (χ0) is 13.6. The highest BCUT2D eigenvalue weighted by Gasteiger charge is 2.43. The van der Waals surface area contributed by atoms with Crippen LogP contribution in [0.3, 0.4) is 0 Å². The van der Waals surface area contributed by atoms with Crippen LogP contribution < -0.4 is 5.32 Å². The monoisotopic (exact) mass is 275 g/mol. The minimum absolute atomic E-state index is 0.267. The molecule has 0 amide bonds. The van der Waals surface area contributed by atoms with Gasteiger partial charge in [-0.2, -0.15) is 0 Å². The zero-order valence-corrected chi connectivity index (χ0v) is 11.5. The molecule has 2 N–H and O–H groups in total. The van der Waals surface area contributed by atoms with Crippen molar-refractivity contribution in [1.29, 1.82) is 0 Å². The van der Waals surface area contributed by atoms with E-state index in [2.05, 4.69) is 11.4 Å². The molecule has 0 saturated carbocycles. The summed E-state index contributed by atoms with van der Waals surface area (Å²) in [6.07, 6.45) is 3.71. The van der Waals surface area contributed by atoms with E-state index in [0.29, 0.717) is 25.3 Å². The predicted molar refractivity (Wildman–Crippen MR) is 74.2 cm³/mol. The predicted octanol–water partition coefficient (Wildman–Crippen LogP) is 1.83. The van der Waals surface area contributed by atoms with E-state index in [9.17, 15) is 5.11 Å². The summed E-state index contributed by atoms with van der Waals surface area (Å²) in [6.45, 7) is 1.29. The standard InChI is InChI=1S/C16H21NO3/c18-16(9-13-4-5-14(10-16)17-13)12-3-1-2-11(8-12)15-19-6-7-20-15/h1-3,8,13-15,17-18H,4-7,9-10H2. The molecule has 108 valence electrons. The minimum Gasteiger partial charge on any atom is -0.385 e. The molecule has 20 heavy (non-hydrogen) atoms. The van der Waals surface area contributed by atoms with E-state index >= 15 is 0 Å². The number of aliphatic hydroxyl groups is 1. The lowest BCUT2D eigenvalue weighted by Crippen LogP contribution is -2.46. The Kier molecular flexibility index (Phi) is 3.07. The van der Waals surface area contributed by atoms with Crippen molar-refractivity contribution in [2.75, 3.05) is 13.2 Å². The second kappa shape index (κ2) is 4.81. The molecular formula is C16H21NO3. The van der Waals surface area contributed by atoms with Gasteiger partial charge in [0.1, 0.15) is 0 Å². The van der Waals surface area contributed by atoms with Gasteiger partial charge in [0.25, 0.3) is 0 Å². The van der Waals surface area contributed by atoms with Crippen LogP contribution in [0.4, 0.5) is 0 Å². The summed E-state index contributed by atoms with van der Waals surface area (Å²) in [5.74, 6) is 0. The number of hydrogen-bond donors (Lipinski definition) is 2. The zero-order valence-electron chi connectivity index (χ0n) is 11.5. The molecular weight excluding hydrogens is 254 g/mol. The Balaban J connectivity index is 1.62. The SMILES string of the molecule is OC1(c2cccc(C3OCCO3)c2)CC2CCC(C1)N2. The Hall–Kier alpha value is -0.940. The minimum atomic E-state index is -0.703. The molecule has 4 heteroatoms. The fraction of sp³-hybridized carbons (Fsp3) is 0.625. The highest BCUT2D eigenvalue weighted by atomic mass is 16.7. The van der Waals surface area contributed by atoms with Crippen LogP contribution in [0.25, 0.3) is 0 Å². The summed E-state index contributed by atoms with van der Waals surface area (Å²) in [5.41, 5.74) is 1.32. The molecule has 0 aromatic heterocycles. The van der Waals surface area contributed by atoms with Gasteiger partial charge in [-0.1, -0.05) is 18.2 Å². The molecule has 3 aliphatic heterocycles. The largest absolute Gasteiger partial charge is 0.385 e. The van der Waals surface area contributed by atoms with Gasteiger partial charge in [0.05, 0.1) is 18.8 Å². The van der Waals surface area contributed by atoms with E-state index in [-0.39, 0.29) is 6.29 Å². The molecule has 4 nitrogen and oxygen atoms in total. The Morgan fingerprint density at radius 3 is 2.50 bits per heavy atom. The van der Waals surface area contributed by atoms with Crippen molar-refractivity contribution in [3.63, 3.8) is 0 Å². The summed E-state index contributed by atoms with van der Waals surface area (Å²) < 4.78 is 11.1. The van der Waals surface area contributed by atoms with Crippen LogP contribution in [0.5, 0.6) is 0 Å². The second-order valence-electron chi connectivity index (χ2n) is 6.28. The first-order chi connectivity index (χ1) is 9.73. The molecule has 1 aromatic carbocycles. The first-order valence-electron chi connectivity index (χ1n) is 7.55. The maximum Gasteiger partial charge on any atom is 0.184 e. The molecule has 2 atom stereocenters. The number of ether oxygens (including phenoxy) is 2. The van der Waals surface area contributed by atoms with Crippen molar-refractivity contribution < 1.29 is 14.6 Å². The molecule has 3 saturated heterocycles. The van der Waals surface area contributed by atoms with Gasteiger partial charge in [-0.3, -0.25) is 0 Å². The van der Waals surface area contributed by atoms with Crippen LogP contribution in [0.2, 0.25) is 0 Å². The molecule has 1 aromatic rings. The number of nitrogens with one attached hydrogen (secondary N) is 1. The number of piperidine rings is 1. The lowest BCUT2D eigenvalue weighted by Gasteiger charge is -2.37. The van der Waals surface area contributed by atoms with Crippen LogP contribution in [-0.2, 0) is 15.1 Å². The highest BCUT2D eigenvalue weighted by molar-refractivity contribution is 5.30. The smallest absolute Gasteiger partial charge is 0.184 e. The molecule has 2 unspecified atom stereocenters. The van der Waals surface area contributed by atoms with Gasteiger partial charge < -0.3 is 19.9 Å². The third kappa shape index (κ3) is 2.17. The van der Waals surface area contributed by atoms with Crippen LogP contribution >= 0.6 is 0 Å². The van der Waals surface area contributed by atoms with Crippen molar-refractivity contribution in [2.24, 2.45) is 0 Å². The van der Waals surface area contributed by atoms with Gasteiger partial charge in [0.15, 0.2) is 6.29 Å². The molecule has 3 fully saturated rings. The fourth-order valence-corrected chi connectivity index (χ4v) is 3.88. The van der Waals surface area contributed by atoms with Gasteiger partial charge in [0, 0.05) is 17.6 Å². The Bertz CT molecular complexity index is 486. The van der Waals surface area contributed by atoms with Gasteiger partial charge in [-0.25, -0.2) is 0 Å². The van der Waals surface area contributed by atoms with E-state index in [1.54, 1.807) is 0 Å². The summed E-state index contributed by atoms with van der Waals surface area (Å²) in [5, 5.41) is 14.6. The summed E-state index contributed by atoms with van der Waals surface area (Å²) in [6, 6.07) is 9.02. The van der Waals surface area contributed by atoms with Crippen LogP contribution in [0.1, 0.15) is 43.1 Å². The quantitative estimate of drug-likeness (QED) is 0.864. The molecule has 0 radical (unpaired) electrons. The summed E-state index contributed by atoms with van der Waals surface area (Å²) in [7, 11) is 0. The van der Waals surface area contributed by atoms with Gasteiger partial charge in [-0.15, -0.1) is 0 Å². The Morgan fingerprint density at radius 2 is 1.80 bits per heavy atom. The van der Waals surface area contributed by atoms with Gasteiger partial charge in [-0.05, 0) is 37.3 Å². The topological polar surface area (TPSA) is 50.7 Å². The molecule has 2 bridgehead atoms. The van der Waals surface area contributed by atoms with E-state index in [1.165, 1.54) is 12.8 Å². The number of hydrogen-bond acceptors (Lipinski definition) is 4. The second-order valence-corrected chi connectivity index (χ2v) is 6.28. The summed E-state index contributed by atoms with van der Waals surface area (Å²) in [4.78, 5) is 0. The van der Waals surface area contributed by atoms with Crippen molar-refractivity contribution in [2.45, 2.75) is 49.7 Å². The normalized spacial score (nSPS) is 37.5. The molecule has 4 rings (SSSR count). The molecule has 3 aliphatic rings. The van der Waals surface area contributed by atoms with E-state index < -0.39 is 5.60 Å².